The van der Waals surface area contributed by atoms with Gasteiger partial charge in [-0.05, 0) is 24.3 Å². The molecule has 5 heteroatoms. The van der Waals surface area contributed by atoms with Crippen LogP contribution in [0.15, 0.2) is 54.6 Å². The number of halogens is 1. The lowest BCUT2D eigenvalue weighted by molar-refractivity contribution is 0.800. The molecule has 0 aliphatic rings. The number of nitrogens with two attached hydrogens (primary N) is 1. The Hall–Kier alpha value is -2.17. The average Bonchev–Trinajstić information content (AvgIpc) is 2.92. The van der Waals surface area contributed by atoms with E-state index >= 15 is 0 Å². The molecule has 0 saturated carbocycles. The third-order valence-corrected chi connectivity index (χ3v) is 3.27. The van der Waals surface area contributed by atoms with Crippen LogP contribution in [0, 0.1) is 0 Å². The second kappa shape index (κ2) is 5.45. The number of para-hydroxylation sites is 1. The smallest absolute Gasteiger partial charge is 0.105 e. The van der Waals surface area contributed by atoms with Gasteiger partial charge in [-0.15, -0.1) is 5.10 Å². The summed E-state index contributed by atoms with van der Waals surface area (Å²) in [6.45, 7) is 0.328. The van der Waals surface area contributed by atoms with Crippen molar-refractivity contribution < 1.29 is 0 Å². The first kappa shape index (κ1) is 12.8. The van der Waals surface area contributed by atoms with Crippen molar-refractivity contribution in [2.24, 2.45) is 5.73 Å². The first-order chi connectivity index (χ1) is 9.79. The van der Waals surface area contributed by atoms with E-state index in [0.717, 1.165) is 22.6 Å². The third-order valence-electron chi connectivity index (χ3n) is 3.03. The molecule has 0 unspecified atom stereocenters. The van der Waals surface area contributed by atoms with Gasteiger partial charge in [0.15, 0.2) is 0 Å². The Balaban J connectivity index is 2.21. The Bertz CT molecular complexity index is 722. The van der Waals surface area contributed by atoms with Gasteiger partial charge in [-0.2, -0.15) is 0 Å². The largest absolute Gasteiger partial charge is 0.325 e. The van der Waals surface area contributed by atoms with E-state index in [0.29, 0.717) is 11.6 Å². The Morgan fingerprint density at radius 1 is 1.05 bits per heavy atom. The Morgan fingerprint density at radius 3 is 2.55 bits per heavy atom. The van der Waals surface area contributed by atoms with Gasteiger partial charge in [0, 0.05) is 17.1 Å². The second-order valence-electron chi connectivity index (χ2n) is 4.35. The van der Waals surface area contributed by atoms with Crippen LogP contribution in [0.5, 0.6) is 0 Å². The maximum absolute atomic E-state index is 6.07. The van der Waals surface area contributed by atoms with Crippen LogP contribution in [0.25, 0.3) is 16.9 Å². The second-order valence-corrected chi connectivity index (χ2v) is 4.78. The van der Waals surface area contributed by atoms with Gasteiger partial charge < -0.3 is 5.73 Å². The number of rotatable bonds is 3. The highest BCUT2D eigenvalue weighted by Gasteiger charge is 2.15. The zero-order valence-electron chi connectivity index (χ0n) is 10.7. The third kappa shape index (κ3) is 2.31. The van der Waals surface area contributed by atoms with Crippen molar-refractivity contribution in [1.29, 1.82) is 0 Å². The van der Waals surface area contributed by atoms with Crippen LogP contribution in [-0.4, -0.2) is 15.0 Å². The van der Waals surface area contributed by atoms with Crippen molar-refractivity contribution >= 4 is 11.6 Å². The predicted octanol–water partition coefficient (Wildman–Crippen LogP) is 3.05. The topological polar surface area (TPSA) is 56.7 Å². The number of hydrogen-bond donors (Lipinski definition) is 1. The van der Waals surface area contributed by atoms with Gasteiger partial charge in [-0.3, -0.25) is 0 Å². The summed E-state index contributed by atoms with van der Waals surface area (Å²) in [7, 11) is 0. The van der Waals surface area contributed by atoms with Crippen molar-refractivity contribution in [3.05, 3.63) is 65.3 Å². The first-order valence-corrected chi connectivity index (χ1v) is 6.63. The molecule has 0 aliphatic heterocycles. The molecule has 1 aromatic heterocycles. The van der Waals surface area contributed by atoms with Gasteiger partial charge in [-0.1, -0.05) is 47.1 Å². The molecule has 20 heavy (non-hydrogen) atoms. The van der Waals surface area contributed by atoms with E-state index in [9.17, 15) is 0 Å². The minimum atomic E-state index is 0.328. The van der Waals surface area contributed by atoms with Crippen LogP contribution in [-0.2, 0) is 6.54 Å². The highest BCUT2D eigenvalue weighted by atomic mass is 35.5. The average molecular weight is 285 g/mol. The fraction of sp³-hybridized carbons (Fsp3) is 0.0667. The maximum atomic E-state index is 6.07. The molecule has 0 atom stereocenters. The lowest BCUT2D eigenvalue weighted by Gasteiger charge is -2.08. The van der Waals surface area contributed by atoms with Gasteiger partial charge in [0.1, 0.15) is 5.69 Å². The Labute approximate surface area is 121 Å². The van der Waals surface area contributed by atoms with E-state index in [1.165, 1.54) is 0 Å². The van der Waals surface area contributed by atoms with Crippen molar-refractivity contribution in [3.8, 4) is 16.9 Å². The highest BCUT2D eigenvalue weighted by molar-refractivity contribution is 6.30. The zero-order valence-corrected chi connectivity index (χ0v) is 11.5. The lowest BCUT2D eigenvalue weighted by atomic mass is 10.1. The van der Waals surface area contributed by atoms with Crippen LogP contribution in [0.4, 0.5) is 0 Å². The molecule has 100 valence electrons. The Morgan fingerprint density at radius 2 is 1.85 bits per heavy atom. The summed E-state index contributed by atoms with van der Waals surface area (Å²) in [5.74, 6) is 0. The number of nitrogens with zero attached hydrogens (tertiary/aromatic N) is 3. The summed E-state index contributed by atoms with van der Waals surface area (Å²) in [6.07, 6.45) is 0. The van der Waals surface area contributed by atoms with Gasteiger partial charge in [0.25, 0.3) is 0 Å². The van der Waals surface area contributed by atoms with E-state index in [-0.39, 0.29) is 0 Å². The van der Waals surface area contributed by atoms with Crippen LogP contribution >= 0.6 is 11.6 Å². The van der Waals surface area contributed by atoms with E-state index in [2.05, 4.69) is 10.3 Å². The number of benzene rings is 2. The monoisotopic (exact) mass is 284 g/mol. The van der Waals surface area contributed by atoms with Crippen LogP contribution < -0.4 is 5.73 Å². The lowest BCUT2D eigenvalue weighted by Crippen LogP contribution is -2.02. The molecule has 2 aromatic carbocycles. The predicted molar refractivity (Wildman–Crippen MR) is 79.7 cm³/mol. The van der Waals surface area contributed by atoms with Crippen molar-refractivity contribution in [1.82, 2.24) is 15.0 Å². The zero-order chi connectivity index (χ0) is 13.9. The fourth-order valence-corrected chi connectivity index (χ4v) is 2.32. The van der Waals surface area contributed by atoms with Crippen LogP contribution in [0.2, 0.25) is 5.02 Å². The van der Waals surface area contributed by atoms with Gasteiger partial charge in [0.2, 0.25) is 0 Å². The van der Waals surface area contributed by atoms with E-state index in [1.54, 1.807) is 4.68 Å². The summed E-state index contributed by atoms with van der Waals surface area (Å²) in [4.78, 5) is 0. The molecular formula is C15H13ClN4. The van der Waals surface area contributed by atoms with Gasteiger partial charge in [-0.25, -0.2) is 4.68 Å². The van der Waals surface area contributed by atoms with E-state index in [4.69, 9.17) is 17.3 Å². The molecule has 0 radical (unpaired) electrons. The summed E-state index contributed by atoms with van der Waals surface area (Å²) in [5.41, 5.74) is 9.28. The van der Waals surface area contributed by atoms with Crippen LogP contribution in [0.3, 0.4) is 0 Å². The summed E-state index contributed by atoms with van der Waals surface area (Å²) >= 11 is 6.07. The van der Waals surface area contributed by atoms with Crippen molar-refractivity contribution in [2.75, 3.05) is 0 Å². The minimum absolute atomic E-state index is 0.328. The van der Waals surface area contributed by atoms with E-state index in [1.807, 2.05) is 54.6 Å². The summed E-state index contributed by atoms with van der Waals surface area (Å²) < 4.78 is 1.79. The van der Waals surface area contributed by atoms with Crippen molar-refractivity contribution in [3.63, 3.8) is 0 Å². The molecule has 3 aromatic rings. The molecule has 0 bridgehead atoms. The minimum Gasteiger partial charge on any atom is -0.325 e. The summed E-state index contributed by atoms with van der Waals surface area (Å²) in [6, 6.07) is 17.4. The molecule has 0 aliphatic carbocycles. The number of aromatic nitrogens is 3. The molecule has 2 N–H and O–H groups in total. The maximum Gasteiger partial charge on any atom is 0.105 e. The quantitative estimate of drug-likeness (QED) is 0.804. The molecule has 0 spiro atoms. The first-order valence-electron chi connectivity index (χ1n) is 6.25. The van der Waals surface area contributed by atoms with Crippen LogP contribution in [0.1, 0.15) is 5.69 Å². The molecule has 4 nitrogen and oxygen atoms in total. The molecular weight excluding hydrogens is 272 g/mol. The number of hydrogen-bond acceptors (Lipinski definition) is 3. The summed E-state index contributed by atoms with van der Waals surface area (Å²) in [5, 5.41) is 9.04. The normalized spacial score (nSPS) is 10.7. The van der Waals surface area contributed by atoms with Gasteiger partial charge in [0.05, 0.1) is 11.4 Å². The van der Waals surface area contributed by atoms with E-state index < -0.39 is 0 Å². The molecule has 0 fully saturated rings. The fourth-order valence-electron chi connectivity index (χ4n) is 2.13. The molecule has 1 heterocycles. The highest BCUT2D eigenvalue weighted by Crippen LogP contribution is 2.27. The molecule has 0 saturated heterocycles. The molecule has 0 amide bonds. The Kier molecular flexibility index (Phi) is 3.50. The SMILES string of the molecule is NCc1nnn(-c2ccccc2)c1-c1cccc(Cl)c1. The van der Waals surface area contributed by atoms with Gasteiger partial charge >= 0.3 is 0 Å². The van der Waals surface area contributed by atoms with Crippen molar-refractivity contribution in [2.45, 2.75) is 6.54 Å². The standard InChI is InChI=1S/C15H13ClN4/c16-12-6-4-5-11(9-12)15-14(10-17)18-19-20(15)13-7-2-1-3-8-13/h1-9H,10,17H2. The molecule has 3 rings (SSSR count).